The Morgan fingerprint density at radius 2 is 1.03 bits per heavy atom. The molecule has 0 aliphatic carbocycles. The number of rotatable bonds is 3. The van der Waals surface area contributed by atoms with Crippen LogP contribution >= 0.6 is 0 Å². The van der Waals surface area contributed by atoms with E-state index in [1.165, 1.54) is 6.07 Å². The zero-order chi connectivity index (χ0) is 20.4. The molecule has 0 bridgehead atoms. The van der Waals surface area contributed by atoms with Crippen LogP contribution in [-0.2, 0) is 6.18 Å². The number of aromatic nitrogens is 3. The van der Waals surface area contributed by atoms with Crippen LogP contribution in [-0.4, -0.2) is 15.0 Å². The van der Waals surface area contributed by atoms with E-state index in [1.54, 1.807) is 0 Å². The number of alkyl halides is 3. The highest BCUT2D eigenvalue weighted by Gasteiger charge is 2.31. The molecule has 4 aromatic rings. The van der Waals surface area contributed by atoms with Crippen molar-refractivity contribution in [3.05, 3.63) is 84.4 Å². The van der Waals surface area contributed by atoms with Crippen LogP contribution in [0.25, 0.3) is 34.2 Å². The van der Waals surface area contributed by atoms with Crippen molar-refractivity contribution in [2.75, 3.05) is 5.73 Å². The molecule has 0 fully saturated rings. The van der Waals surface area contributed by atoms with Crippen molar-refractivity contribution in [1.82, 2.24) is 15.0 Å². The molecule has 0 amide bonds. The van der Waals surface area contributed by atoms with E-state index in [2.05, 4.69) is 15.0 Å². The Kier molecular flexibility index (Phi) is 4.72. The van der Waals surface area contributed by atoms with Gasteiger partial charge in [0.25, 0.3) is 0 Å². The van der Waals surface area contributed by atoms with Gasteiger partial charge in [-0.1, -0.05) is 60.7 Å². The summed E-state index contributed by atoms with van der Waals surface area (Å²) in [7, 11) is 0. The maximum atomic E-state index is 13.2. The average Bonchev–Trinajstić information content (AvgIpc) is 2.73. The lowest BCUT2D eigenvalue weighted by atomic mass is 10.1. The summed E-state index contributed by atoms with van der Waals surface area (Å²) in [5.41, 5.74) is 6.49. The smallest absolute Gasteiger partial charge is 0.399 e. The minimum Gasteiger partial charge on any atom is -0.399 e. The molecular formula is C22H15F3N4. The number of hydrogen-bond donors (Lipinski definition) is 1. The largest absolute Gasteiger partial charge is 0.416 e. The van der Waals surface area contributed by atoms with Crippen LogP contribution in [0, 0.1) is 0 Å². The van der Waals surface area contributed by atoms with Crippen molar-refractivity contribution in [2.24, 2.45) is 0 Å². The second-order valence-corrected chi connectivity index (χ2v) is 6.38. The molecule has 0 saturated carbocycles. The minimum atomic E-state index is -4.53. The van der Waals surface area contributed by atoms with Gasteiger partial charge in [-0.15, -0.1) is 0 Å². The van der Waals surface area contributed by atoms with E-state index < -0.39 is 11.7 Å². The Hall–Kier alpha value is -3.74. The molecule has 7 heteroatoms. The van der Waals surface area contributed by atoms with Crippen LogP contribution in [0.4, 0.5) is 18.9 Å². The molecule has 4 nitrogen and oxygen atoms in total. The number of hydrogen-bond acceptors (Lipinski definition) is 4. The number of anilines is 1. The summed E-state index contributed by atoms with van der Waals surface area (Å²) in [5, 5.41) is 0. The first-order valence-corrected chi connectivity index (χ1v) is 8.75. The summed E-state index contributed by atoms with van der Waals surface area (Å²) in [6.45, 7) is 0. The number of halogens is 3. The standard InChI is InChI=1S/C22H15F3N4/c23-22(24,25)17-11-16(12-18(26)13-17)21-28-19(14-7-3-1-4-8-14)27-20(29-21)15-9-5-2-6-10-15/h1-13H,26H2. The monoisotopic (exact) mass is 392 g/mol. The first-order valence-electron chi connectivity index (χ1n) is 8.75. The van der Waals surface area contributed by atoms with Crippen LogP contribution in [0.3, 0.4) is 0 Å². The molecular weight excluding hydrogens is 377 g/mol. The number of nitrogens with zero attached hydrogens (tertiary/aromatic N) is 3. The van der Waals surface area contributed by atoms with Gasteiger partial charge in [0.1, 0.15) is 0 Å². The molecule has 4 rings (SSSR count). The fourth-order valence-electron chi connectivity index (χ4n) is 2.88. The molecule has 144 valence electrons. The SMILES string of the molecule is Nc1cc(-c2nc(-c3ccccc3)nc(-c3ccccc3)n2)cc(C(F)(F)F)c1. The molecule has 1 aromatic heterocycles. The van der Waals surface area contributed by atoms with Crippen molar-refractivity contribution in [3.8, 4) is 34.2 Å². The van der Waals surface area contributed by atoms with E-state index in [1.807, 2.05) is 60.7 Å². The van der Waals surface area contributed by atoms with Crippen LogP contribution in [0.1, 0.15) is 5.56 Å². The molecule has 3 aromatic carbocycles. The van der Waals surface area contributed by atoms with Gasteiger partial charge in [0, 0.05) is 22.4 Å². The Balaban J connectivity index is 1.93. The molecule has 0 spiro atoms. The first kappa shape index (κ1) is 18.6. The van der Waals surface area contributed by atoms with E-state index >= 15 is 0 Å². The predicted molar refractivity (Wildman–Crippen MR) is 106 cm³/mol. The van der Waals surface area contributed by atoms with Gasteiger partial charge in [0.05, 0.1) is 5.56 Å². The lowest BCUT2D eigenvalue weighted by Gasteiger charge is -2.12. The Bertz CT molecular complexity index is 1090. The van der Waals surface area contributed by atoms with E-state index in [0.29, 0.717) is 11.6 Å². The van der Waals surface area contributed by atoms with Crippen molar-refractivity contribution in [3.63, 3.8) is 0 Å². The molecule has 0 aliphatic heterocycles. The summed E-state index contributed by atoms with van der Waals surface area (Å²) < 4.78 is 39.7. The third-order valence-corrected chi connectivity index (χ3v) is 4.24. The predicted octanol–water partition coefficient (Wildman–Crippen LogP) is 5.47. The highest BCUT2D eigenvalue weighted by molar-refractivity contribution is 5.69. The summed E-state index contributed by atoms with van der Waals surface area (Å²) in [5.74, 6) is 0.853. The van der Waals surface area contributed by atoms with Crippen LogP contribution in [0.15, 0.2) is 78.9 Å². The van der Waals surface area contributed by atoms with Gasteiger partial charge in [0.15, 0.2) is 17.5 Å². The van der Waals surface area contributed by atoms with Gasteiger partial charge in [-0.3, -0.25) is 0 Å². The summed E-state index contributed by atoms with van der Waals surface area (Å²) in [6.07, 6.45) is -4.53. The van der Waals surface area contributed by atoms with Crippen LogP contribution < -0.4 is 5.73 Å². The minimum absolute atomic E-state index is 0.0160. The molecule has 0 aliphatic rings. The fourth-order valence-corrected chi connectivity index (χ4v) is 2.88. The average molecular weight is 392 g/mol. The second-order valence-electron chi connectivity index (χ2n) is 6.38. The van der Waals surface area contributed by atoms with Crippen molar-refractivity contribution >= 4 is 5.69 Å². The highest BCUT2D eigenvalue weighted by atomic mass is 19.4. The number of nitrogen functional groups attached to an aromatic ring is 1. The maximum absolute atomic E-state index is 13.2. The maximum Gasteiger partial charge on any atom is 0.416 e. The molecule has 0 radical (unpaired) electrons. The van der Waals surface area contributed by atoms with E-state index in [4.69, 9.17) is 5.73 Å². The summed E-state index contributed by atoms with van der Waals surface area (Å²) >= 11 is 0. The number of nitrogens with two attached hydrogens (primary N) is 1. The lowest BCUT2D eigenvalue weighted by Crippen LogP contribution is -2.07. The lowest BCUT2D eigenvalue weighted by molar-refractivity contribution is -0.137. The van der Waals surface area contributed by atoms with Gasteiger partial charge in [-0.2, -0.15) is 13.2 Å². The second kappa shape index (κ2) is 7.35. The Morgan fingerprint density at radius 1 is 0.586 bits per heavy atom. The highest BCUT2D eigenvalue weighted by Crippen LogP contribution is 2.34. The topological polar surface area (TPSA) is 64.7 Å². The molecule has 0 atom stereocenters. The third kappa shape index (κ3) is 4.08. The fraction of sp³-hybridized carbons (Fsp3) is 0.0455. The molecule has 29 heavy (non-hydrogen) atoms. The Morgan fingerprint density at radius 3 is 1.48 bits per heavy atom. The van der Waals surface area contributed by atoms with E-state index in [9.17, 15) is 13.2 Å². The van der Waals surface area contributed by atoms with Crippen LogP contribution in [0.2, 0.25) is 0 Å². The van der Waals surface area contributed by atoms with Gasteiger partial charge in [-0.25, -0.2) is 15.0 Å². The van der Waals surface area contributed by atoms with Gasteiger partial charge >= 0.3 is 6.18 Å². The van der Waals surface area contributed by atoms with Gasteiger partial charge in [-0.05, 0) is 18.2 Å². The van der Waals surface area contributed by atoms with Crippen molar-refractivity contribution in [1.29, 1.82) is 0 Å². The van der Waals surface area contributed by atoms with E-state index in [-0.39, 0.29) is 17.1 Å². The van der Waals surface area contributed by atoms with Crippen molar-refractivity contribution in [2.45, 2.75) is 6.18 Å². The van der Waals surface area contributed by atoms with Crippen molar-refractivity contribution < 1.29 is 13.2 Å². The number of benzene rings is 3. The summed E-state index contributed by atoms with van der Waals surface area (Å²) in [6, 6.07) is 21.7. The quantitative estimate of drug-likeness (QED) is 0.469. The zero-order valence-corrected chi connectivity index (χ0v) is 15.1. The third-order valence-electron chi connectivity index (χ3n) is 4.24. The normalized spacial score (nSPS) is 11.4. The molecule has 1 heterocycles. The summed E-state index contributed by atoms with van der Waals surface area (Å²) in [4.78, 5) is 13.4. The molecule has 2 N–H and O–H groups in total. The Labute approximate surface area is 164 Å². The first-order chi connectivity index (χ1) is 13.9. The van der Waals surface area contributed by atoms with E-state index in [0.717, 1.165) is 23.3 Å². The van der Waals surface area contributed by atoms with Gasteiger partial charge < -0.3 is 5.73 Å². The molecule has 0 saturated heterocycles. The van der Waals surface area contributed by atoms with Crippen LogP contribution in [0.5, 0.6) is 0 Å². The molecule has 0 unspecified atom stereocenters. The van der Waals surface area contributed by atoms with Gasteiger partial charge in [0.2, 0.25) is 0 Å². The zero-order valence-electron chi connectivity index (χ0n) is 15.1.